The fraction of sp³-hybridized carbons (Fsp3) is 0.556. The molecule has 0 spiro atoms. The van der Waals surface area contributed by atoms with Gasteiger partial charge >= 0.3 is 0 Å². The largest absolute Gasteiger partial charge is 0.324 e. The van der Waals surface area contributed by atoms with Crippen molar-refractivity contribution < 1.29 is 0 Å². The molecule has 0 amide bonds. The predicted molar refractivity (Wildman–Crippen MR) is 58.0 cm³/mol. The molecule has 0 saturated heterocycles. The zero-order valence-corrected chi connectivity index (χ0v) is 8.96. The molecule has 0 saturated carbocycles. The van der Waals surface area contributed by atoms with E-state index in [1.165, 1.54) is 18.4 Å². The maximum atomic E-state index is 5.93. The second-order valence-corrected chi connectivity index (χ2v) is 3.59. The molecule has 0 unspecified atom stereocenters. The summed E-state index contributed by atoms with van der Waals surface area (Å²) in [6.45, 7) is 2.19. The molecule has 1 aromatic heterocycles. The second kappa shape index (κ2) is 6.46. The number of hydrogen-bond donors (Lipinski definition) is 1. The molecule has 1 rings (SSSR count). The normalized spacial score (nSPS) is 12.2. The molecule has 1 atom stereocenters. The zero-order valence-electron chi connectivity index (χ0n) is 7.32. The summed E-state index contributed by atoms with van der Waals surface area (Å²) in [6.07, 6.45) is 3.59. The lowest BCUT2D eigenvalue weighted by molar-refractivity contribution is 0.605. The summed E-state index contributed by atoms with van der Waals surface area (Å²) in [5, 5.41) is 4.22. The molecule has 1 heterocycles. The zero-order chi connectivity index (χ0) is 8.10. The van der Waals surface area contributed by atoms with Crippen molar-refractivity contribution in [3.05, 3.63) is 22.4 Å². The van der Waals surface area contributed by atoms with Crippen molar-refractivity contribution in [3.63, 3.8) is 0 Å². The van der Waals surface area contributed by atoms with Gasteiger partial charge in [0.25, 0.3) is 0 Å². The molecule has 12 heavy (non-hydrogen) atoms. The van der Waals surface area contributed by atoms with E-state index in [4.69, 9.17) is 5.73 Å². The van der Waals surface area contributed by atoms with Crippen LogP contribution < -0.4 is 5.73 Å². The first-order chi connectivity index (χ1) is 5.34. The van der Waals surface area contributed by atoms with Crippen LogP contribution in [0.3, 0.4) is 0 Å². The van der Waals surface area contributed by atoms with Crippen LogP contribution in [0.25, 0.3) is 0 Å². The quantitative estimate of drug-likeness (QED) is 0.802. The Morgan fingerprint density at radius 1 is 1.58 bits per heavy atom. The van der Waals surface area contributed by atoms with Gasteiger partial charge in [-0.25, -0.2) is 0 Å². The standard InChI is InChI=1S/C9H15NS.ClH/c1-2-3-4-9(10)8-5-6-11-7-8;/h5-7,9H,2-4,10H2,1H3;1H/t9-;/m0./s1. The number of hydrogen-bond acceptors (Lipinski definition) is 2. The molecule has 0 aliphatic carbocycles. The van der Waals surface area contributed by atoms with Gasteiger partial charge in [0.1, 0.15) is 0 Å². The number of rotatable bonds is 4. The molecule has 1 aromatic rings. The Morgan fingerprint density at radius 3 is 2.83 bits per heavy atom. The van der Waals surface area contributed by atoms with E-state index in [0.29, 0.717) is 0 Å². The second-order valence-electron chi connectivity index (χ2n) is 2.81. The van der Waals surface area contributed by atoms with Crippen molar-refractivity contribution in [2.45, 2.75) is 32.2 Å². The van der Waals surface area contributed by atoms with E-state index in [0.717, 1.165) is 6.42 Å². The third-order valence-electron chi connectivity index (χ3n) is 1.84. The molecule has 0 aliphatic rings. The van der Waals surface area contributed by atoms with Crippen LogP contribution in [0.5, 0.6) is 0 Å². The highest BCUT2D eigenvalue weighted by atomic mass is 35.5. The van der Waals surface area contributed by atoms with Gasteiger partial charge in [0.2, 0.25) is 0 Å². The lowest BCUT2D eigenvalue weighted by Crippen LogP contribution is -2.08. The van der Waals surface area contributed by atoms with E-state index in [1.54, 1.807) is 11.3 Å². The van der Waals surface area contributed by atoms with Gasteiger partial charge in [-0.1, -0.05) is 19.8 Å². The topological polar surface area (TPSA) is 26.0 Å². The van der Waals surface area contributed by atoms with Crippen molar-refractivity contribution in [1.82, 2.24) is 0 Å². The first kappa shape index (κ1) is 11.9. The highest BCUT2D eigenvalue weighted by molar-refractivity contribution is 7.07. The van der Waals surface area contributed by atoms with Gasteiger partial charge in [-0.3, -0.25) is 0 Å². The van der Waals surface area contributed by atoms with Crippen LogP contribution in [0.1, 0.15) is 37.8 Å². The first-order valence-corrected chi connectivity index (χ1v) is 5.06. The summed E-state index contributed by atoms with van der Waals surface area (Å²) in [4.78, 5) is 0. The van der Waals surface area contributed by atoms with Crippen LogP contribution in [0.4, 0.5) is 0 Å². The van der Waals surface area contributed by atoms with Crippen LogP contribution in [0, 0.1) is 0 Å². The third-order valence-corrected chi connectivity index (χ3v) is 2.54. The molecule has 0 fully saturated rings. The Bertz CT molecular complexity index is 186. The maximum Gasteiger partial charge on any atom is 0.0303 e. The van der Waals surface area contributed by atoms with Crippen LogP contribution in [0.15, 0.2) is 16.8 Å². The summed E-state index contributed by atoms with van der Waals surface area (Å²) < 4.78 is 0. The third kappa shape index (κ3) is 3.57. The van der Waals surface area contributed by atoms with Crippen LogP contribution in [-0.4, -0.2) is 0 Å². The molecular weight excluding hydrogens is 190 g/mol. The Labute approximate surface area is 84.4 Å². The minimum Gasteiger partial charge on any atom is -0.324 e. The molecule has 2 N–H and O–H groups in total. The van der Waals surface area contributed by atoms with Crippen molar-refractivity contribution in [2.75, 3.05) is 0 Å². The molecule has 3 heteroatoms. The van der Waals surface area contributed by atoms with Crippen LogP contribution >= 0.6 is 23.7 Å². The summed E-state index contributed by atoms with van der Waals surface area (Å²) in [5.41, 5.74) is 7.23. The summed E-state index contributed by atoms with van der Waals surface area (Å²) in [7, 11) is 0. The summed E-state index contributed by atoms with van der Waals surface area (Å²) in [6, 6.07) is 2.38. The number of halogens is 1. The van der Waals surface area contributed by atoms with Crippen LogP contribution in [-0.2, 0) is 0 Å². The molecule has 0 aromatic carbocycles. The Hall–Kier alpha value is -0.0500. The lowest BCUT2D eigenvalue weighted by atomic mass is 10.1. The van der Waals surface area contributed by atoms with E-state index in [1.807, 2.05) is 0 Å². The van der Waals surface area contributed by atoms with Crippen molar-refractivity contribution in [2.24, 2.45) is 5.73 Å². The van der Waals surface area contributed by atoms with Gasteiger partial charge in [0.05, 0.1) is 0 Å². The SMILES string of the molecule is CCCC[C@H](N)c1ccsc1.Cl. The molecule has 0 radical (unpaired) electrons. The highest BCUT2D eigenvalue weighted by Gasteiger charge is 2.03. The molecule has 1 nitrogen and oxygen atoms in total. The highest BCUT2D eigenvalue weighted by Crippen LogP contribution is 2.18. The van der Waals surface area contributed by atoms with Gasteiger partial charge < -0.3 is 5.73 Å². The number of unbranched alkanes of at least 4 members (excludes halogenated alkanes) is 1. The van der Waals surface area contributed by atoms with Crippen molar-refractivity contribution in [1.29, 1.82) is 0 Å². The minimum absolute atomic E-state index is 0. The van der Waals surface area contributed by atoms with E-state index in [2.05, 4.69) is 23.8 Å². The average molecular weight is 206 g/mol. The molecule has 70 valence electrons. The van der Waals surface area contributed by atoms with E-state index in [9.17, 15) is 0 Å². The summed E-state index contributed by atoms with van der Waals surface area (Å²) >= 11 is 1.72. The molecular formula is C9H16ClNS. The van der Waals surface area contributed by atoms with E-state index < -0.39 is 0 Å². The predicted octanol–water partition coefficient (Wildman–Crippen LogP) is 3.36. The van der Waals surface area contributed by atoms with Gasteiger partial charge in [-0.05, 0) is 28.8 Å². The fourth-order valence-corrected chi connectivity index (χ4v) is 1.80. The maximum absolute atomic E-state index is 5.93. The van der Waals surface area contributed by atoms with Crippen molar-refractivity contribution in [3.8, 4) is 0 Å². The fourth-order valence-electron chi connectivity index (χ4n) is 1.08. The van der Waals surface area contributed by atoms with E-state index in [-0.39, 0.29) is 18.4 Å². The van der Waals surface area contributed by atoms with Crippen molar-refractivity contribution >= 4 is 23.7 Å². The van der Waals surface area contributed by atoms with Gasteiger partial charge in [0, 0.05) is 6.04 Å². The average Bonchev–Trinajstić information content (AvgIpc) is 2.52. The smallest absolute Gasteiger partial charge is 0.0303 e. The lowest BCUT2D eigenvalue weighted by Gasteiger charge is -2.07. The Balaban J connectivity index is 0.00000121. The van der Waals surface area contributed by atoms with Gasteiger partial charge in [-0.2, -0.15) is 11.3 Å². The molecule has 0 bridgehead atoms. The van der Waals surface area contributed by atoms with Crippen LogP contribution in [0.2, 0.25) is 0 Å². The number of thiophene rings is 1. The monoisotopic (exact) mass is 205 g/mol. The van der Waals surface area contributed by atoms with Gasteiger partial charge in [-0.15, -0.1) is 12.4 Å². The Morgan fingerprint density at radius 2 is 2.33 bits per heavy atom. The van der Waals surface area contributed by atoms with E-state index >= 15 is 0 Å². The molecule has 0 aliphatic heterocycles. The van der Waals surface area contributed by atoms with Gasteiger partial charge in [0.15, 0.2) is 0 Å². The summed E-state index contributed by atoms with van der Waals surface area (Å²) in [5.74, 6) is 0. The number of nitrogens with two attached hydrogens (primary N) is 1. The Kier molecular flexibility index (Phi) is 6.44. The minimum atomic E-state index is 0. The first-order valence-electron chi connectivity index (χ1n) is 4.12.